The number of hydrogen-bond acceptors (Lipinski definition) is 2. The Labute approximate surface area is 125 Å². The van der Waals surface area contributed by atoms with Crippen molar-refractivity contribution in [3.05, 3.63) is 65.7 Å². The maximum Gasteiger partial charge on any atom is 0.312 e. The Balaban J connectivity index is 1.95. The van der Waals surface area contributed by atoms with Crippen LogP contribution in [0.4, 0.5) is 0 Å². The third kappa shape index (κ3) is 4.35. The SMILES string of the molecule is CC(C)(COc1ccc(Cc2ccccc2)cc1)C(=O)O. The summed E-state index contributed by atoms with van der Waals surface area (Å²) in [6.07, 6.45) is 0.877. The molecule has 0 heterocycles. The predicted octanol–water partition coefficient (Wildman–Crippen LogP) is 3.77. The van der Waals surface area contributed by atoms with E-state index in [0.29, 0.717) is 5.75 Å². The third-order valence-corrected chi connectivity index (χ3v) is 3.35. The first-order valence-corrected chi connectivity index (χ1v) is 6.96. The number of carbonyl (C=O) groups is 1. The molecule has 0 aliphatic rings. The number of carboxylic acid groups (broad SMARTS) is 1. The molecule has 0 saturated heterocycles. The summed E-state index contributed by atoms with van der Waals surface area (Å²) in [5.74, 6) is -0.163. The molecular formula is C18H20O3. The lowest BCUT2D eigenvalue weighted by molar-refractivity contribution is -0.148. The van der Waals surface area contributed by atoms with Crippen LogP contribution in [0.15, 0.2) is 54.6 Å². The van der Waals surface area contributed by atoms with Crippen molar-refractivity contribution in [1.29, 1.82) is 0 Å². The molecule has 0 atom stereocenters. The molecule has 3 nitrogen and oxygen atoms in total. The summed E-state index contributed by atoms with van der Waals surface area (Å²) in [7, 11) is 0. The first-order valence-electron chi connectivity index (χ1n) is 6.96. The van der Waals surface area contributed by atoms with Crippen LogP contribution in [0.5, 0.6) is 5.75 Å². The van der Waals surface area contributed by atoms with Gasteiger partial charge in [0.05, 0.1) is 5.41 Å². The van der Waals surface area contributed by atoms with Gasteiger partial charge < -0.3 is 9.84 Å². The van der Waals surface area contributed by atoms with E-state index in [2.05, 4.69) is 12.1 Å². The maximum absolute atomic E-state index is 11.0. The van der Waals surface area contributed by atoms with E-state index in [4.69, 9.17) is 9.84 Å². The molecule has 0 aliphatic carbocycles. The second-order valence-corrected chi connectivity index (χ2v) is 5.78. The average molecular weight is 284 g/mol. The van der Waals surface area contributed by atoms with Gasteiger partial charge >= 0.3 is 5.97 Å². The van der Waals surface area contributed by atoms with Crippen LogP contribution in [-0.4, -0.2) is 17.7 Å². The van der Waals surface area contributed by atoms with E-state index in [1.165, 1.54) is 11.1 Å². The number of benzene rings is 2. The zero-order valence-electron chi connectivity index (χ0n) is 12.4. The van der Waals surface area contributed by atoms with E-state index in [1.54, 1.807) is 13.8 Å². The lowest BCUT2D eigenvalue weighted by Crippen LogP contribution is -2.30. The van der Waals surface area contributed by atoms with Gasteiger partial charge in [0.1, 0.15) is 12.4 Å². The molecule has 0 unspecified atom stereocenters. The zero-order valence-corrected chi connectivity index (χ0v) is 12.4. The van der Waals surface area contributed by atoms with Crippen molar-refractivity contribution in [2.24, 2.45) is 5.41 Å². The van der Waals surface area contributed by atoms with Crippen molar-refractivity contribution in [1.82, 2.24) is 0 Å². The Morgan fingerprint density at radius 1 is 1.00 bits per heavy atom. The van der Waals surface area contributed by atoms with E-state index < -0.39 is 11.4 Å². The fraction of sp³-hybridized carbons (Fsp3) is 0.278. The molecule has 110 valence electrons. The predicted molar refractivity (Wildman–Crippen MR) is 82.6 cm³/mol. The van der Waals surface area contributed by atoms with Gasteiger partial charge in [0.25, 0.3) is 0 Å². The second kappa shape index (κ2) is 6.44. The smallest absolute Gasteiger partial charge is 0.312 e. The number of carboxylic acids is 1. The number of ether oxygens (including phenoxy) is 1. The van der Waals surface area contributed by atoms with Crippen molar-refractivity contribution in [3.63, 3.8) is 0 Å². The monoisotopic (exact) mass is 284 g/mol. The highest BCUT2D eigenvalue weighted by Gasteiger charge is 2.28. The van der Waals surface area contributed by atoms with Gasteiger partial charge in [-0.3, -0.25) is 4.79 Å². The van der Waals surface area contributed by atoms with Gasteiger partial charge in [-0.05, 0) is 43.5 Å². The van der Waals surface area contributed by atoms with Crippen LogP contribution in [0, 0.1) is 5.41 Å². The van der Waals surface area contributed by atoms with E-state index in [-0.39, 0.29) is 6.61 Å². The minimum absolute atomic E-state index is 0.153. The summed E-state index contributed by atoms with van der Waals surface area (Å²) < 4.78 is 5.56. The summed E-state index contributed by atoms with van der Waals surface area (Å²) in [5, 5.41) is 9.05. The van der Waals surface area contributed by atoms with Gasteiger partial charge in [0.15, 0.2) is 0 Å². The minimum Gasteiger partial charge on any atom is -0.492 e. The Bertz CT molecular complexity index is 586. The maximum atomic E-state index is 11.0. The molecule has 0 fully saturated rings. The molecule has 2 aromatic rings. The van der Waals surface area contributed by atoms with Crippen LogP contribution in [0.25, 0.3) is 0 Å². The van der Waals surface area contributed by atoms with Gasteiger partial charge in [-0.2, -0.15) is 0 Å². The summed E-state index contributed by atoms with van der Waals surface area (Å²) in [6.45, 7) is 3.46. The molecule has 1 N–H and O–H groups in total. The Morgan fingerprint density at radius 3 is 2.14 bits per heavy atom. The summed E-state index contributed by atoms with van der Waals surface area (Å²) in [4.78, 5) is 11.0. The molecule has 0 amide bonds. The minimum atomic E-state index is -0.886. The fourth-order valence-corrected chi connectivity index (χ4v) is 1.86. The summed E-state index contributed by atoms with van der Waals surface area (Å²) in [6, 6.07) is 18.0. The van der Waals surface area contributed by atoms with Crippen molar-refractivity contribution in [2.75, 3.05) is 6.61 Å². The molecule has 0 saturated carbocycles. The standard InChI is InChI=1S/C18H20O3/c1-18(2,17(19)20)13-21-16-10-8-15(9-11-16)12-14-6-4-3-5-7-14/h3-11H,12-13H2,1-2H3,(H,19,20). The Kier molecular flexibility index (Phi) is 4.63. The molecule has 0 spiro atoms. The van der Waals surface area contributed by atoms with Crippen LogP contribution in [0.1, 0.15) is 25.0 Å². The number of hydrogen-bond donors (Lipinski definition) is 1. The Morgan fingerprint density at radius 2 is 1.57 bits per heavy atom. The number of rotatable bonds is 6. The topological polar surface area (TPSA) is 46.5 Å². The van der Waals surface area contributed by atoms with Gasteiger partial charge in [0.2, 0.25) is 0 Å². The van der Waals surface area contributed by atoms with Gasteiger partial charge in [0, 0.05) is 0 Å². The van der Waals surface area contributed by atoms with Crippen LogP contribution < -0.4 is 4.74 Å². The molecule has 2 aromatic carbocycles. The normalized spacial score (nSPS) is 11.1. The first kappa shape index (κ1) is 15.1. The van der Waals surface area contributed by atoms with Crippen LogP contribution >= 0.6 is 0 Å². The fourth-order valence-electron chi connectivity index (χ4n) is 1.86. The summed E-state index contributed by atoms with van der Waals surface area (Å²) >= 11 is 0. The van der Waals surface area contributed by atoms with Crippen molar-refractivity contribution >= 4 is 5.97 Å². The highest BCUT2D eigenvalue weighted by Crippen LogP contribution is 2.20. The highest BCUT2D eigenvalue weighted by atomic mass is 16.5. The van der Waals surface area contributed by atoms with Gasteiger partial charge in [-0.15, -0.1) is 0 Å². The molecule has 0 aliphatic heterocycles. The average Bonchev–Trinajstić information content (AvgIpc) is 2.47. The summed E-state index contributed by atoms with van der Waals surface area (Å²) in [5.41, 5.74) is 1.58. The third-order valence-electron chi connectivity index (χ3n) is 3.35. The van der Waals surface area contributed by atoms with Crippen molar-refractivity contribution < 1.29 is 14.6 Å². The lowest BCUT2D eigenvalue weighted by atomic mass is 9.95. The molecule has 0 aromatic heterocycles. The first-order chi connectivity index (χ1) is 9.97. The van der Waals surface area contributed by atoms with Crippen molar-refractivity contribution in [2.45, 2.75) is 20.3 Å². The second-order valence-electron chi connectivity index (χ2n) is 5.78. The van der Waals surface area contributed by atoms with E-state index in [0.717, 1.165) is 6.42 Å². The molecule has 2 rings (SSSR count). The zero-order chi connectivity index (χ0) is 15.3. The van der Waals surface area contributed by atoms with E-state index >= 15 is 0 Å². The van der Waals surface area contributed by atoms with Crippen LogP contribution in [-0.2, 0) is 11.2 Å². The van der Waals surface area contributed by atoms with Crippen LogP contribution in [0.2, 0.25) is 0 Å². The molecule has 0 bridgehead atoms. The molecule has 3 heteroatoms. The molecular weight excluding hydrogens is 264 g/mol. The lowest BCUT2D eigenvalue weighted by Gasteiger charge is -2.19. The largest absolute Gasteiger partial charge is 0.492 e. The Hall–Kier alpha value is -2.29. The highest BCUT2D eigenvalue weighted by molar-refractivity contribution is 5.73. The molecule has 0 radical (unpaired) electrons. The number of aliphatic carboxylic acids is 1. The van der Waals surface area contributed by atoms with Crippen LogP contribution in [0.3, 0.4) is 0 Å². The van der Waals surface area contributed by atoms with Crippen molar-refractivity contribution in [3.8, 4) is 5.75 Å². The van der Waals surface area contributed by atoms with Gasteiger partial charge in [-0.25, -0.2) is 0 Å². The van der Waals surface area contributed by atoms with E-state index in [1.807, 2.05) is 42.5 Å². The molecule has 21 heavy (non-hydrogen) atoms. The van der Waals surface area contributed by atoms with E-state index in [9.17, 15) is 4.79 Å². The quantitative estimate of drug-likeness (QED) is 0.878. The van der Waals surface area contributed by atoms with Gasteiger partial charge in [-0.1, -0.05) is 42.5 Å².